The number of anilines is 1. The topological polar surface area (TPSA) is 44.8 Å². The molecule has 0 atom stereocenters. The van der Waals surface area contributed by atoms with Crippen molar-refractivity contribution in [3.63, 3.8) is 0 Å². The number of halogens is 1. The molecule has 1 heterocycles. The predicted molar refractivity (Wildman–Crippen MR) is 114 cm³/mol. The second kappa shape index (κ2) is 10.9. The van der Waals surface area contributed by atoms with Gasteiger partial charge in [0.2, 0.25) is 5.91 Å². The van der Waals surface area contributed by atoms with Gasteiger partial charge in [0.05, 0.1) is 13.2 Å². The van der Waals surface area contributed by atoms with E-state index in [1.165, 1.54) is 12.1 Å². The molecule has 1 amide bonds. The fraction of sp³-hybridized carbons (Fsp3) is 0.435. The van der Waals surface area contributed by atoms with Gasteiger partial charge in [0.1, 0.15) is 11.6 Å². The molecule has 0 radical (unpaired) electrons. The van der Waals surface area contributed by atoms with E-state index < -0.39 is 0 Å². The van der Waals surface area contributed by atoms with E-state index in [2.05, 4.69) is 22.0 Å². The molecule has 2 aromatic rings. The largest absolute Gasteiger partial charge is 0.494 e. The van der Waals surface area contributed by atoms with Crippen LogP contribution in [0.5, 0.6) is 5.75 Å². The summed E-state index contributed by atoms with van der Waals surface area (Å²) >= 11 is 0. The minimum absolute atomic E-state index is 0.0482. The van der Waals surface area contributed by atoms with Gasteiger partial charge in [0.25, 0.3) is 0 Å². The van der Waals surface area contributed by atoms with Crippen LogP contribution >= 0.6 is 0 Å². The Balaban J connectivity index is 1.31. The molecule has 0 bridgehead atoms. The van der Waals surface area contributed by atoms with Gasteiger partial charge >= 0.3 is 0 Å². The molecule has 5 nitrogen and oxygen atoms in total. The zero-order valence-electron chi connectivity index (χ0n) is 17.1. The van der Waals surface area contributed by atoms with Crippen LogP contribution in [0.2, 0.25) is 0 Å². The maximum atomic E-state index is 12.9. The molecule has 156 valence electrons. The lowest BCUT2D eigenvalue weighted by atomic mass is 10.1. The molecular formula is C23H30FN3O2. The molecule has 1 aliphatic rings. The number of nitrogens with one attached hydrogen (secondary N) is 1. The fourth-order valence-corrected chi connectivity index (χ4v) is 3.52. The smallest absolute Gasteiger partial charge is 0.238 e. The number of para-hydroxylation sites is 1. The number of hydrogen-bond donors (Lipinski definition) is 1. The lowest BCUT2D eigenvalue weighted by molar-refractivity contribution is -0.117. The third-order valence-electron chi connectivity index (χ3n) is 5.21. The van der Waals surface area contributed by atoms with Crippen LogP contribution in [0.4, 0.5) is 10.1 Å². The average Bonchev–Trinajstić information content (AvgIpc) is 2.74. The fourth-order valence-electron chi connectivity index (χ4n) is 3.52. The highest BCUT2D eigenvalue weighted by Crippen LogP contribution is 2.15. The van der Waals surface area contributed by atoms with Crippen molar-refractivity contribution >= 4 is 11.6 Å². The molecular weight excluding hydrogens is 369 g/mol. The molecule has 29 heavy (non-hydrogen) atoms. The third-order valence-corrected chi connectivity index (χ3v) is 5.21. The molecule has 1 fully saturated rings. The third kappa shape index (κ3) is 6.84. The first kappa shape index (κ1) is 21.3. The van der Waals surface area contributed by atoms with Crippen LogP contribution in [0, 0.1) is 5.82 Å². The average molecular weight is 400 g/mol. The Kier molecular flexibility index (Phi) is 8.02. The molecule has 1 aliphatic heterocycles. The first-order chi connectivity index (χ1) is 14.1. The van der Waals surface area contributed by atoms with E-state index in [-0.39, 0.29) is 11.7 Å². The molecule has 6 heteroatoms. The van der Waals surface area contributed by atoms with Gasteiger partial charge < -0.3 is 15.0 Å². The van der Waals surface area contributed by atoms with Gasteiger partial charge in [-0.05, 0) is 48.7 Å². The molecule has 2 aromatic carbocycles. The van der Waals surface area contributed by atoms with Crippen molar-refractivity contribution in [2.45, 2.75) is 19.8 Å². The highest BCUT2D eigenvalue weighted by Gasteiger charge is 2.19. The molecule has 0 unspecified atom stereocenters. The number of aryl methyl sites for hydroxylation is 1. The van der Waals surface area contributed by atoms with Gasteiger partial charge in [0.15, 0.2) is 0 Å². The Labute approximate surface area is 172 Å². The van der Waals surface area contributed by atoms with Crippen molar-refractivity contribution in [3.05, 3.63) is 59.9 Å². The lowest BCUT2D eigenvalue weighted by Gasteiger charge is -2.34. The first-order valence-electron chi connectivity index (χ1n) is 10.3. The van der Waals surface area contributed by atoms with Gasteiger partial charge in [0, 0.05) is 38.4 Å². The molecule has 0 saturated carbocycles. The highest BCUT2D eigenvalue weighted by atomic mass is 19.1. The van der Waals surface area contributed by atoms with E-state index in [1.807, 2.05) is 24.3 Å². The maximum absolute atomic E-state index is 12.9. The van der Waals surface area contributed by atoms with E-state index in [9.17, 15) is 9.18 Å². The predicted octanol–water partition coefficient (Wildman–Crippen LogP) is 3.41. The van der Waals surface area contributed by atoms with Crippen LogP contribution in [-0.4, -0.2) is 61.6 Å². The Morgan fingerprint density at radius 2 is 1.72 bits per heavy atom. The summed E-state index contributed by atoms with van der Waals surface area (Å²) in [5, 5.41) is 3.05. The summed E-state index contributed by atoms with van der Waals surface area (Å²) in [7, 11) is 0. The van der Waals surface area contributed by atoms with Crippen LogP contribution in [0.3, 0.4) is 0 Å². The number of carbonyl (C=O) groups excluding carboxylic acids is 1. The zero-order valence-corrected chi connectivity index (χ0v) is 17.1. The summed E-state index contributed by atoms with van der Waals surface area (Å²) in [6.07, 6.45) is 1.83. The normalized spacial score (nSPS) is 15.2. The standard InChI is InChI=1S/C23H30FN3O2/c1-2-19-6-3-4-7-22(19)25-23(28)18-27-15-13-26(14-16-27)12-5-17-29-21-10-8-20(24)9-11-21/h3-4,6-11H,2,5,12-18H2,1H3,(H,25,28). The zero-order chi connectivity index (χ0) is 20.5. The molecule has 0 aromatic heterocycles. The van der Waals surface area contributed by atoms with Crippen molar-refractivity contribution in [3.8, 4) is 5.75 Å². The van der Waals surface area contributed by atoms with Gasteiger partial charge in [-0.15, -0.1) is 0 Å². The van der Waals surface area contributed by atoms with E-state index in [1.54, 1.807) is 12.1 Å². The highest BCUT2D eigenvalue weighted by molar-refractivity contribution is 5.93. The summed E-state index contributed by atoms with van der Waals surface area (Å²) in [6, 6.07) is 14.1. The van der Waals surface area contributed by atoms with Crippen LogP contribution < -0.4 is 10.1 Å². The minimum Gasteiger partial charge on any atom is -0.494 e. The summed E-state index contributed by atoms with van der Waals surface area (Å²) in [6.45, 7) is 7.79. The van der Waals surface area contributed by atoms with E-state index in [0.717, 1.165) is 56.8 Å². The Hall–Kier alpha value is -2.44. The molecule has 3 rings (SSSR count). The van der Waals surface area contributed by atoms with Crippen LogP contribution in [-0.2, 0) is 11.2 Å². The second-order valence-electron chi connectivity index (χ2n) is 7.33. The summed E-state index contributed by atoms with van der Waals surface area (Å²) in [5.74, 6) is 0.498. The number of carbonyl (C=O) groups is 1. The van der Waals surface area contributed by atoms with Gasteiger partial charge in [-0.25, -0.2) is 4.39 Å². The summed E-state index contributed by atoms with van der Waals surface area (Å²) < 4.78 is 18.5. The Morgan fingerprint density at radius 3 is 2.45 bits per heavy atom. The Morgan fingerprint density at radius 1 is 1.03 bits per heavy atom. The van der Waals surface area contributed by atoms with Crippen molar-refractivity contribution in [1.82, 2.24) is 9.80 Å². The van der Waals surface area contributed by atoms with Crippen molar-refractivity contribution in [2.24, 2.45) is 0 Å². The van der Waals surface area contributed by atoms with Gasteiger partial charge in [-0.1, -0.05) is 25.1 Å². The number of amides is 1. The minimum atomic E-state index is -0.251. The van der Waals surface area contributed by atoms with E-state index in [4.69, 9.17) is 4.74 Å². The number of nitrogens with zero attached hydrogens (tertiary/aromatic N) is 2. The summed E-state index contributed by atoms with van der Waals surface area (Å²) in [4.78, 5) is 17.0. The molecule has 1 saturated heterocycles. The molecule has 0 aliphatic carbocycles. The lowest BCUT2D eigenvalue weighted by Crippen LogP contribution is -2.48. The van der Waals surface area contributed by atoms with Gasteiger partial charge in [-0.3, -0.25) is 9.69 Å². The number of benzene rings is 2. The van der Waals surface area contributed by atoms with Crippen molar-refractivity contribution in [1.29, 1.82) is 0 Å². The molecule has 1 N–H and O–H groups in total. The first-order valence-corrected chi connectivity index (χ1v) is 10.3. The second-order valence-corrected chi connectivity index (χ2v) is 7.33. The number of rotatable bonds is 9. The van der Waals surface area contributed by atoms with Gasteiger partial charge in [-0.2, -0.15) is 0 Å². The SMILES string of the molecule is CCc1ccccc1NC(=O)CN1CCN(CCCOc2ccc(F)cc2)CC1. The monoisotopic (exact) mass is 399 g/mol. The van der Waals surface area contributed by atoms with Crippen molar-refractivity contribution < 1.29 is 13.9 Å². The molecule has 0 spiro atoms. The van der Waals surface area contributed by atoms with Crippen LogP contribution in [0.1, 0.15) is 18.9 Å². The van der Waals surface area contributed by atoms with Crippen molar-refractivity contribution in [2.75, 3.05) is 51.2 Å². The van der Waals surface area contributed by atoms with E-state index in [0.29, 0.717) is 18.9 Å². The maximum Gasteiger partial charge on any atom is 0.238 e. The number of piperazine rings is 1. The van der Waals surface area contributed by atoms with E-state index >= 15 is 0 Å². The quantitative estimate of drug-likeness (QED) is 0.657. The van der Waals surface area contributed by atoms with Crippen LogP contribution in [0.15, 0.2) is 48.5 Å². The summed E-state index contributed by atoms with van der Waals surface area (Å²) in [5.41, 5.74) is 2.08. The van der Waals surface area contributed by atoms with Crippen LogP contribution in [0.25, 0.3) is 0 Å². The Bertz CT molecular complexity index is 774. The number of hydrogen-bond acceptors (Lipinski definition) is 4. The number of ether oxygens (including phenoxy) is 1.